The zero-order valence-electron chi connectivity index (χ0n) is 15.9. The Balaban J connectivity index is 2.00. The van der Waals surface area contributed by atoms with Crippen LogP contribution in [0.15, 0.2) is 33.8 Å². The molecule has 0 saturated heterocycles. The van der Waals surface area contributed by atoms with Gasteiger partial charge in [-0.25, -0.2) is 4.99 Å². The van der Waals surface area contributed by atoms with E-state index in [1.54, 1.807) is 6.92 Å². The lowest BCUT2D eigenvalue weighted by Crippen LogP contribution is -2.43. The van der Waals surface area contributed by atoms with Crippen LogP contribution in [0.25, 0.3) is 0 Å². The van der Waals surface area contributed by atoms with Crippen molar-refractivity contribution in [2.24, 2.45) is 4.99 Å². The first-order valence-electron chi connectivity index (χ1n) is 8.85. The SMILES string of the molecule is CCNC(=NCc1noc(C)n1)NCC(C)(C)c1ccc(CC)cc1. The summed E-state index contributed by atoms with van der Waals surface area (Å²) in [5.41, 5.74) is 2.66. The van der Waals surface area contributed by atoms with Crippen molar-refractivity contribution in [3.63, 3.8) is 0 Å². The quantitative estimate of drug-likeness (QED) is 0.597. The second-order valence-corrected chi connectivity index (χ2v) is 6.71. The van der Waals surface area contributed by atoms with E-state index in [-0.39, 0.29) is 5.41 Å². The van der Waals surface area contributed by atoms with Crippen LogP contribution in [0.3, 0.4) is 0 Å². The van der Waals surface area contributed by atoms with Crippen molar-refractivity contribution < 1.29 is 4.52 Å². The number of aryl methyl sites for hydroxylation is 2. The minimum atomic E-state index is -0.00874. The van der Waals surface area contributed by atoms with Crippen molar-refractivity contribution >= 4 is 5.96 Å². The zero-order chi connectivity index (χ0) is 18.3. The minimum absolute atomic E-state index is 0.00874. The summed E-state index contributed by atoms with van der Waals surface area (Å²) in [7, 11) is 0. The second-order valence-electron chi connectivity index (χ2n) is 6.71. The maximum absolute atomic E-state index is 4.98. The van der Waals surface area contributed by atoms with Crippen LogP contribution in [0.1, 0.15) is 50.5 Å². The predicted octanol–water partition coefficient (Wildman–Crippen LogP) is 2.97. The number of guanidine groups is 1. The Labute approximate surface area is 150 Å². The first-order valence-corrected chi connectivity index (χ1v) is 8.85. The van der Waals surface area contributed by atoms with Crippen molar-refractivity contribution in [1.82, 2.24) is 20.8 Å². The summed E-state index contributed by atoms with van der Waals surface area (Å²) in [6, 6.07) is 8.84. The highest BCUT2D eigenvalue weighted by atomic mass is 16.5. The number of nitrogens with one attached hydrogen (secondary N) is 2. The number of rotatable bonds is 7. The fourth-order valence-electron chi connectivity index (χ4n) is 2.50. The highest BCUT2D eigenvalue weighted by Gasteiger charge is 2.20. The monoisotopic (exact) mass is 343 g/mol. The van der Waals surface area contributed by atoms with E-state index in [0.29, 0.717) is 18.3 Å². The number of nitrogens with zero attached hydrogens (tertiary/aromatic N) is 3. The summed E-state index contributed by atoms with van der Waals surface area (Å²) < 4.78 is 4.98. The molecule has 2 aromatic rings. The van der Waals surface area contributed by atoms with Gasteiger partial charge in [0.2, 0.25) is 5.89 Å². The average molecular weight is 343 g/mol. The van der Waals surface area contributed by atoms with Gasteiger partial charge in [-0.15, -0.1) is 0 Å². The molecule has 2 N–H and O–H groups in total. The van der Waals surface area contributed by atoms with E-state index in [0.717, 1.165) is 25.5 Å². The van der Waals surface area contributed by atoms with Crippen LogP contribution in [0, 0.1) is 6.92 Å². The van der Waals surface area contributed by atoms with Crippen LogP contribution in [0.4, 0.5) is 0 Å². The lowest BCUT2D eigenvalue weighted by atomic mass is 9.84. The highest BCUT2D eigenvalue weighted by Crippen LogP contribution is 2.22. The van der Waals surface area contributed by atoms with Gasteiger partial charge in [0.05, 0.1) is 0 Å². The van der Waals surface area contributed by atoms with Gasteiger partial charge in [-0.3, -0.25) is 0 Å². The molecule has 0 bridgehead atoms. The van der Waals surface area contributed by atoms with Gasteiger partial charge in [0.1, 0.15) is 6.54 Å². The summed E-state index contributed by atoms with van der Waals surface area (Å²) in [5.74, 6) is 1.90. The third-order valence-electron chi connectivity index (χ3n) is 4.13. The maximum atomic E-state index is 4.98. The third-order valence-corrected chi connectivity index (χ3v) is 4.13. The molecule has 0 unspecified atom stereocenters. The predicted molar refractivity (Wildman–Crippen MR) is 101 cm³/mol. The van der Waals surface area contributed by atoms with Crippen molar-refractivity contribution in [1.29, 1.82) is 0 Å². The fourth-order valence-corrected chi connectivity index (χ4v) is 2.50. The van der Waals surface area contributed by atoms with E-state index in [1.165, 1.54) is 11.1 Å². The molecule has 0 fully saturated rings. The average Bonchev–Trinajstić information content (AvgIpc) is 3.03. The molecular formula is C19H29N5O. The number of benzene rings is 1. The van der Waals surface area contributed by atoms with Gasteiger partial charge in [-0.1, -0.05) is 50.2 Å². The van der Waals surface area contributed by atoms with E-state index < -0.39 is 0 Å². The largest absolute Gasteiger partial charge is 0.357 e. The van der Waals surface area contributed by atoms with Crippen molar-refractivity contribution in [3.8, 4) is 0 Å². The van der Waals surface area contributed by atoms with Gasteiger partial charge in [0.15, 0.2) is 11.8 Å². The van der Waals surface area contributed by atoms with Crippen LogP contribution in [-0.4, -0.2) is 29.2 Å². The molecule has 0 amide bonds. The van der Waals surface area contributed by atoms with Crippen molar-refractivity contribution in [2.45, 2.75) is 53.0 Å². The molecular weight excluding hydrogens is 314 g/mol. The molecule has 2 rings (SSSR count). The van der Waals surface area contributed by atoms with Crippen molar-refractivity contribution in [3.05, 3.63) is 47.1 Å². The standard InChI is InChI=1S/C19H29N5O/c1-6-15-8-10-16(11-9-15)19(4,5)13-22-18(20-7-2)21-12-17-23-14(3)25-24-17/h8-11H,6-7,12-13H2,1-5H3,(H2,20,21,22). The molecule has 6 nitrogen and oxygen atoms in total. The molecule has 6 heteroatoms. The summed E-state index contributed by atoms with van der Waals surface area (Å²) >= 11 is 0. The first kappa shape index (κ1) is 19.0. The van der Waals surface area contributed by atoms with E-state index >= 15 is 0 Å². The summed E-state index contributed by atoms with van der Waals surface area (Å²) in [5, 5.41) is 10.5. The van der Waals surface area contributed by atoms with E-state index in [4.69, 9.17) is 4.52 Å². The zero-order valence-corrected chi connectivity index (χ0v) is 15.9. The van der Waals surface area contributed by atoms with Crippen LogP contribution >= 0.6 is 0 Å². The Hall–Kier alpha value is -2.37. The number of hydrogen-bond donors (Lipinski definition) is 2. The minimum Gasteiger partial charge on any atom is -0.357 e. The van der Waals surface area contributed by atoms with Gasteiger partial charge in [0, 0.05) is 25.4 Å². The number of aliphatic imine (C=N–C) groups is 1. The first-order chi connectivity index (χ1) is 11.9. The van der Waals surface area contributed by atoms with Crippen LogP contribution in [0.2, 0.25) is 0 Å². The molecule has 0 aliphatic rings. The Morgan fingerprint density at radius 2 is 1.88 bits per heavy atom. The van der Waals surface area contributed by atoms with Crippen LogP contribution < -0.4 is 10.6 Å². The molecule has 0 aliphatic carbocycles. The molecule has 0 aliphatic heterocycles. The van der Waals surface area contributed by atoms with Crippen molar-refractivity contribution in [2.75, 3.05) is 13.1 Å². The molecule has 0 saturated carbocycles. The van der Waals surface area contributed by atoms with Gasteiger partial charge in [-0.05, 0) is 24.5 Å². The number of aromatic nitrogens is 2. The van der Waals surface area contributed by atoms with Gasteiger partial charge in [-0.2, -0.15) is 4.98 Å². The summed E-state index contributed by atoms with van der Waals surface area (Å²) in [6.07, 6.45) is 1.06. The van der Waals surface area contributed by atoms with E-state index in [9.17, 15) is 0 Å². The second kappa shape index (κ2) is 8.65. The normalized spacial score (nSPS) is 12.3. The van der Waals surface area contributed by atoms with Crippen LogP contribution in [0.5, 0.6) is 0 Å². The Morgan fingerprint density at radius 1 is 1.16 bits per heavy atom. The smallest absolute Gasteiger partial charge is 0.223 e. The maximum Gasteiger partial charge on any atom is 0.223 e. The Morgan fingerprint density at radius 3 is 2.44 bits per heavy atom. The fraction of sp³-hybridized carbons (Fsp3) is 0.526. The van der Waals surface area contributed by atoms with Crippen LogP contribution in [-0.2, 0) is 18.4 Å². The van der Waals surface area contributed by atoms with Gasteiger partial charge in [0.25, 0.3) is 0 Å². The third kappa shape index (κ3) is 5.59. The molecule has 0 atom stereocenters. The molecule has 0 spiro atoms. The molecule has 1 heterocycles. The molecule has 1 aromatic heterocycles. The number of hydrogen-bond acceptors (Lipinski definition) is 4. The Bertz CT molecular complexity index is 688. The lowest BCUT2D eigenvalue weighted by Gasteiger charge is -2.27. The van der Waals surface area contributed by atoms with E-state index in [1.807, 2.05) is 6.92 Å². The highest BCUT2D eigenvalue weighted by molar-refractivity contribution is 5.79. The molecule has 25 heavy (non-hydrogen) atoms. The van der Waals surface area contributed by atoms with Gasteiger partial charge < -0.3 is 15.2 Å². The van der Waals surface area contributed by atoms with Gasteiger partial charge >= 0.3 is 0 Å². The molecule has 1 aromatic carbocycles. The lowest BCUT2D eigenvalue weighted by molar-refractivity contribution is 0.387. The Kier molecular flexibility index (Phi) is 6.56. The molecule has 0 radical (unpaired) electrons. The van der Waals surface area contributed by atoms with E-state index in [2.05, 4.69) is 70.8 Å². The topological polar surface area (TPSA) is 75.3 Å². The molecule has 136 valence electrons. The summed E-state index contributed by atoms with van der Waals surface area (Å²) in [6.45, 7) is 12.4. The summed E-state index contributed by atoms with van der Waals surface area (Å²) in [4.78, 5) is 8.71.